The van der Waals surface area contributed by atoms with Gasteiger partial charge in [-0.3, -0.25) is 9.59 Å². The third-order valence-corrected chi connectivity index (χ3v) is 2.65. The van der Waals surface area contributed by atoms with E-state index in [1.54, 1.807) is 18.3 Å². The van der Waals surface area contributed by atoms with Crippen LogP contribution < -0.4 is 10.7 Å². The van der Waals surface area contributed by atoms with Crippen LogP contribution in [0.5, 0.6) is 0 Å². The molecule has 0 aliphatic heterocycles. The number of aromatic nitrogens is 1. The third kappa shape index (κ3) is 5.32. The van der Waals surface area contributed by atoms with Gasteiger partial charge in [0.15, 0.2) is 0 Å². The molecule has 2 amide bonds. The van der Waals surface area contributed by atoms with Gasteiger partial charge in [-0.05, 0) is 24.3 Å². The van der Waals surface area contributed by atoms with Gasteiger partial charge in [0.1, 0.15) is 0 Å². The molecular formula is C15H16N4O2. The number of para-hydroxylation sites is 1. The number of anilines is 1. The van der Waals surface area contributed by atoms with Crippen molar-refractivity contribution in [2.24, 2.45) is 5.10 Å². The van der Waals surface area contributed by atoms with Crippen molar-refractivity contribution >= 4 is 23.7 Å². The lowest BCUT2D eigenvalue weighted by Crippen LogP contribution is -2.20. The number of rotatable bonds is 6. The first kappa shape index (κ1) is 14.5. The normalized spacial score (nSPS) is 10.5. The predicted molar refractivity (Wildman–Crippen MR) is 80.8 cm³/mol. The first-order chi connectivity index (χ1) is 10.2. The van der Waals surface area contributed by atoms with Gasteiger partial charge in [0.05, 0.1) is 11.9 Å². The van der Waals surface area contributed by atoms with Crippen LogP contribution in [0.15, 0.2) is 53.8 Å². The Morgan fingerprint density at radius 2 is 1.81 bits per heavy atom. The minimum absolute atomic E-state index is 0.0841. The van der Waals surface area contributed by atoms with Crippen molar-refractivity contribution in [3.05, 3.63) is 54.4 Å². The molecule has 0 bridgehead atoms. The average molecular weight is 284 g/mol. The van der Waals surface area contributed by atoms with E-state index in [-0.39, 0.29) is 24.7 Å². The first-order valence-corrected chi connectivity index (χ1v) is 6.54. The molecule has 3 N–H and O–H groups in total. The number of carbonyl (C=O) groups excluding carboxylic acids is 2. The van der Waals surface area contributed by atoms with Crippen molar-refractivity contribution in [3.8, 4) is 0 Å². The van der Waals surface area contributed by atoms with E-state index in [2.05, 4.69) is 20.8 Å². The number of nitrogens with one attached hydrogen (secondary N) is 3. The van der Waals surface area contributed by atoms with Gasteiger partial charge in [-0.15, -0.1) is 0 Å². The maximum Gasteiger partial charge on any atom is 0.240 e. The smallest absolute Gasteiger partial charge is 0.240 e. The van der Waals surface area contributed by atoms with Gasteiger partial charge in [0.2, 0.25) is 11.8 Å². The summed E-state index contributed by atoms with van der Waals surface area (Å²) in [5, 5.41) is 6.50. The Morgan fingerprint density at radius 3 is 2.52 bits per heavy atom. The number of hydrogen-bond acceptors (Lipinski definition) is 3. The van der Waals surface area contributed by atoms with Crippen LogP contribution in [0, 0.1) is 0 Å². The zero-order valence-electron chi connectivity index (χ0n) is 11.4. The molecule has 0 fully saturated rings. The monoisotopic (exact) mass is 284 g/mol. The van der Waals surface area contributed by atoms with Crippen LogP contribution in [0.25, 0.3) is 0 Å². The lowest BCUT2D eigenvalue weighted by Gasteiger charge is -2.04. The van der Waals surface area contributed by atoms with E-state index in [4.69, 9.17) is 0 Å². The molecule has 0 saturated heterocycles. The van der Waals surface area contributed by atoms with Gasteiger partial charge in [0.25, 0.3) is 0 Å². The van der Waals surface area contributed by atoms with Gasteiger partial charge >= 0.3 is 0 Å². The van der Waals surface area contributed by atoms with E-state index < -0.39 is 0 Å². The quantitative estimate of drug-likeness (QED) is 0.559. The van der Waals surface area contributed by atoms with Gasteiger partial charge in [-0.2, -0.15) is 5.10 Å². The Hall–Kier alpha value is -2.89. The summed E-state index contributed by atoms with van der Waals surface area (Å²) in [6.07, 6.45) is 3.46. The lowest BCUT2D eigenvalue weighted by molar-refractivity contribution is -0.124. The Labute approximate surface area is 122 Å². The number of aromatic amines is 1. The maximum atomic E-state index is 11.6. The Morgan fingerprint density at radius 1 is 1.05 bits per heavy atom. The Bertz CT molecular complexity index is 606. The SMILES string of the molecule is O=C(CCC(=O)Nc1ccccc1)N/N=C\c1ccc[nH]1. The van der Waals surface area contributed by atoms with Crippen LogP contribution in [0.3, 0.4) is 0 Å². The van der Waals surface area contributed by atoms with Crippen molar-refractivity contribution < 1.29 is 9.59 Å². The summed E-state index contributed by atoms with van der Waals surface area (Å²) in [5.41, 5.74) is 3.88. The molecule has 2 aromatic rings. The second kappa shape index (κ2) is 7.64. The zero-order chi connectivity index (χ0) is 14.9. The standard InChI is InChI=1S/C15H16N4O2/c20-14(18-12-5-2-1-3-6-12)8-9-15(21)19-17-11-13-7-4-10-16-13/h1-7,10-11,16H,8-9H2,(H,18,20)(H,19,21)/b17-11-. The summed E-state index contributed by atoms with van der Waals surface area (Å²) in [6, 6.07) is 12.8. The highest BCUT2D eigenvalue weighted by atomic mass is 16.2. The fourth-order valence-corrected chi connectivity index (χ4v) is 1.63. The summed E-state index contributed by atoms with van der Waals surface area (Å²) >= 11 is 0. The lowest BCUT2D eigenvalue weighted by atomic mass is 10.2. The predicted octanol–water partition coefficient (Wildman–Crippen LogP) is 1.88. The molecule has 0 aliphatic rings. The molecule has 0 spiro atoms. The van der Waals surface area contributed by atoms with Crippen LogP contribution in [0.4, 0.5) is 5.69 Å². The highest BCUT2D eigenvalue weighted by molar-refractivity contribution is 5.93. The number of carbonyl (C=O) groups is 2. The van der Waals surface area contributed by atoms with E-state index in [0.717, 1.165) is 5.69 Å². The highest BCUT2D eigenvalue weighted by Crippen LogP contribution is 2.05. The van der Waals surface area contributed by atoms with Crippen LogP contribution in [0.2, 0.25) is 0 Å². The van der Waals surface area contributed by atoms with Crippen LogP contribution in [-0.2, 0) is 9.59 Å². The second-order valence-corrected chi connectivity index (χ2v) is 4.33. The maximum absolute atomic E-state index is 11.6. The second-order valence-electron chi connectivity index (χ2n) is 4.33. The van der Waals surface area contributed by atoms with Gasteiger partial charge < -0.3 is 10.3 Å². The molecule has 0 radical (unpaired) electrons. The number of H-pyrrole nitrogens is 1. The fourth-order valence-electron chi connectivity index (χ4n) is 1.63. The van der Waals surface area contributed by atoms with Crippen molar-refractivity contribution in [1.82, 2.24) is 10.4 Å². The zero-order valence-corrected chi connectivity index (χ0v) is 11.4. The molecule has 0 aliphatic carbocycles. The van der Waals surface area contributed by atoms with Crippen LogP contribution in [0.1, 0.15) is 18.5 Å². The Kier molecular flexibility index (Phi) is 5.28. The molecule has 0 atom stereocenters. The topological polar surface area (TPSA) is 86.3 Å². The number of amides is 2. The minimum atomic E-state index is -0.305. The molecule has 108 valence electrons. The number of hydrogen-bond donors (Lipinski definition) is 3. The van der Waals surface area contributed by atoms with E-state index in [1.165, 1.54) is 6.21 Å². The number of benzene rings is 1. The molecule has 0 unspecified atom stereocenters. The molecule has 2 rings (SSSR count). The van der Waals surface area contributed by atoms with Gasteiger partial charge in [0, 0.05) is 24.7 Å². The summed E-state index contributed by atoms with van der Waals surface area (Å²) in [6.45, 7) is 0. The van der Waals surface area contributed by atoms with E-state index >= 15 is 0 Å². The first-order valence-electron chi connectivity index (χ1n) is 6.54. The fraction of sp³-hybridized carbons (Fsp3) is 0.133. The molecule has 6 heteroatoms. The average Bonchev–Trinajstić information content (AvgIpc) is 2.99. The molecule has 0 saturated carbocycles. The van der Waals surface area contributed by atoms with Crippen molar-refractivity contribution in [3.63, 3.8) is 0 Å². The van der Waals surface area contributed by atoms with E-state index in [9.17, 15) is 9.59 Å². The summed E-state index contributed by atoms with van der Waals surface area (Å²) in [5.74, 6) is -0.509. The van der Waals surface area contributed by atoms with Crippen molar-refractivity contribution in [2.75, 3.05) is 5.32 Å². The summed E-state index contributed by atoms with van der Waals surface area (Å²) in [7, 11) is 0. The molecule has 1 heterocycles. The van der Waals surface area contributed by atoms with E-state index in [1.807, 2.05) is 30.3 Å². The molecule has 6 nitrogen and oxygen atoms in total. The van der Waals surface area contributed by atoms with E-state index in [0.29, 0.717) is 5.69 Å². The number of nitrogens with zero attached hydrogens (tertiary/aromatic N) is 1. The van der Waals surface area contributed by atoms with Crippen molar-refractivity contribution in [2.45, 2.75) is 12.8 Å². The third-order valence-electron chi connectivity index (χ3n) is 2.65. The molecule has 21 heavy (non-hydrogen) atoms. The summed E-state index contributed by atoms with van der Waals surface area (Å²) < 4.78 is 0. The minimum Gasteiger partial charge on any atom is -0.360 e. The van der Waals surface area contributed by atoms with Gasteiger partial charge in [-0.25, -0.2) is 5.43 Å². The largest absolute Gasteiger partial charge is 0.360 e. The number of hydrazone groups is 1. The van der Waals surface area contributed by atoms with Crippen molar-refractivity contribution in [1.29, 1.82) is 0 Å². The molecular weight excluding hydrogens is 268 g/mol. The van der Waals surface area contributed by atoms with Gasteiger partial charge in [-0.1, -0.05) is 18.2 Å². The Balaban J connectivity index is 1.68. The highest BCUT2D eigenvalue weighted by Gasteiger charge is 2.06. The van der Waals surface area contributed by atoms with Crippen LogP contribution >= 0.6 is 0 Å². The molecule has 1 aromatic carbocycles. The van der Waals surface area contributed by atoms with Crippen LogP contribution in [-0.4, -0.2) is 23.0 Å². The molecule has 1 aromatic heterocycles. The summed E-state index contributed by atoms with van der Waals surface area (Å²) in [4.78, 5) is 26.1.